The summed E-state index contributed by atoms with van der Waals surface area (Å²) in [7, 11) is -3.37. The molecule has 0 saturated carbocycles. The quantitative estimate of drug-likeness (QED) is 0.844. The maximum absolute atomic E-state index is 12.5. The molecule has 0 aliphatic carbocycles. The van der Waals surface area contributed by atoms with E-state index in [1.54, 1.807) is 16.4 Å². The first-order valence-corrected chi connectivity index (χ1v) is 11.0. The lowest BCUT2D eigenvalue weighted by Crippen LogP contribution is -2.57. The second-order valence-electron chi connectivity index (χ2n) is 7.33. The summed E-state index contributed by atoms with van der Waals surface area (Å²) in [5.41, 5.74) is 0.995. The van der Waals surface area contributed by atoms with Gasteiger partial charge in [0.2, 0.25) is 15.9 Å². The van der Waals surface area contributed by atoms with Crippen molar-refractivity contribution in [1.82, 2.24) is 14.5 Å². The van der Waals surface area contributed by atoms with E-state index in [4.69, 9.17) is 0 Å². The fraction of sp³-hybridized carbons (Fsp3) is 0.632. The van der Waals surface area contributed by atoms with Gasteiger partial charge in [-0.3, -0.25) is 4.79 Å². The number of piperazine rings is 1. The van der Waals surface area contributed by atoms with Gasteiger partial charge in [0, 0.05) is 44.7 Å². The maximum atomic E-state index is 12.5. The van der Waals surface area contributed by atoms with Crippen LogP contribution in [0.25, 0.3) is 0 Å². The van der Waals surface area contributed by atoms with Crippen LogP contribution in [0.15, 0.2) is 29.2 Å². The lowest BCUT2D eigenvalue weighted by Gasteiger charge is -2.38. The number of benzene rings is 1. The van der Waals surface area contributed by atoms with Crippen LogP contribution in [-0.4, -0.2) is 61.8 Å². The van der Waals surface area contributed by atoms with E-state index < -0.39 is 10.0 Å². The van der Waals surface area contributed by atoms with E-state index >= 15 is 0 Å². The fourth-order valence-electron chi connectivity index (χ4n) is 3.71. The molecule has 0 bridgehead atoms. The van der Waals surface area contributed by atoms with Crippen LogP contribution in [0, 0.1) is 0 Å². The summed E-state index contributed by atoms with van der Waals surface area (Å²) in [6, 6.07) is 7.51. The molecule has 7 heteroatoms. The highest BCUT2D eigenvalue weighted by molar-refractivity contribution is 7.89. The van der Waals surface area contributed by atoms with E-state index in [9.17, 15) is 13.2 Å². The first kappa shape index (κ1) is 19.3. The van der Waals surface area contributed by atoms with Crippen molar-refractivity contribution in [3.8, 4) is 0 Å². The van der Waals surface area contributed by atoms with Crippen LogP contribution in [0.1, 0.15) is 38.7 Å². The van der Waals surface area contributed by atoms with E-state index in [2.05, 4.69) is 19.2 Å². The summed E-state index contributed by atoms with van der Waals surface area (Å²) >= 11 is 0. The standard InChI is InChI=1S/C19H29N3O3S/c1-15-16(2)22(14-11-20-15)19(23)10-7-17-5-8-18(9-6-17)26(24,25)21-12-3-4-13-21/h5-6,8-9,15-16,20H,3-4,7,10-14H2,1-2H3. The number of hydrogen-bond donors (Lipinski definition) is 1. The minimum Gasteiger partial charge on any atom is -0.337 e. The van der Waals surface area contributed by atoms with Crippen molar-refractivity contribution in [3.05, 3.63) is 29.8 Å². The SMILES string of the molecule is CC1NCCN(C(=O)CCc2ccc(S(=O)(=O)N3CCCC3)cc2)C1C. The number of rotatable bonds is 5. The van der Waals surface area contributed by atoms with Gasteiger partial charge in [-0.2, -0.15) is 4.31 Å². The molecule has 26 heavy (non-hydrogen) atoms. The third kappa shape index (κ3) is 4.10. The Kier molecular flexibility index (Phi) is 5.99. The highest BCUT2D eigenvalue weighted by Gasteiger charge is 2.28. The van der Waals surface area contributed by atoms with Crippen LogP contribution in [0.5, 0.6) is 0 Å². The molecule has 1 amide bonds. The number of aryl methyl sites for hydroxylation is 1. The molecule has 1 N–H and O–H groups in total. The maximum Gasteiger partial charge on any atom is 0.243 e. The molecule has 2 saturated heterocycles. The first-order valence-electron chi connectivity index (χ1n) is 9.51. The largest absolute Gasteiger partial charge is 0.337 e. The zero-order valence-electron chi connectivity index (χ0n) is 15.6. The molecule has 144 valence electrons. The Labute approximate surface area is 156 Å². The summed E-state index contributed by atoms with van der Waals surface area (Å²) in [4.78, 5) is 14.8. The summed E-state index contributed by atoms with van der Waals surface area (Å²) in [5.74, 6) is 0.166. The second-order valence-corrected chi connectivity index (χ2v) is 9.26. The van der Waals surface area contributed by atoms with Crippen molar-refractivity contribution in [1.29, 1.82) is 0 Å². The van der Waals surface area contributed by atoms with Crippen LogP contribution in [0.2, 0.25) is 0 Å². The molecule has 2 heterocycles. The smallest absolute Gasteiger partial charge is 0.243 e. The molecule has 2 aliphatic heterocycles. The molecule has 2 fully saturated rings. The van der Waals surface area contributed by atoms with Crippen LogP contribution in [-0.2, 0) is 21.2 Å². The fourth-order valence-corrected chi connectivity index (χ4v) is 5.23. The molecule has 0 spiro atoms. The Balaban J connectivity index is 1.58. The molecular formula is C19H29N3O3S. The Morgan fingerprint density at radius 1 is 1.12 bits per heavy atom. The Morgan fingerprint density at radius 2 is 1.77 bits per heavy atom. The van der Waals surface area contributed by atoms with Crippen molar-refractivity contribution in [2.45, 2.75) is 56.5 Å². The minimum absolute atomic E-state index is 0.166. The molecule has 6 nitrogen and oxygen atoms in total. The molecular weight excluding hydrogens is 350 g/mol. The predicted molar refractivity (Wildman–Crippen MR) is 101 cm³/mol. The van der Waals surface area contributed by atoms with E-state index in [1.165, 1.54) is 0 Å². The number of nitrogens with one attached hydrogen (secondary N) is 1. The summed E-state index contributed by atoms with van der Waals surface area (Å²) in [6.45, 7) is 6.98. The molecule has 3 rings (SSSR count). The normalized spacial score (nSPS) is 24.8. The Bertz CT molecular complexity index is 727. The van der Waals surface area contributed by atoms with Crippen LogP contribution in [0.3, 0.4) is 0 Å². The van der Waals surface area contributed by atoms with E-state index in [-0.39, 0.29) is 11.9 Å². The third-order valence-corrected chi connectivity index (χ3v) is 7.52. The lowest BCUT2D eigenvalue weighted by atomic mass is 10.0. The summed E-state index contributed by atoms with van der Waals surface area (Å²) in [5, 5.41) is 3.38. The number of amides is 1. The molecule has 0 aromatic heterocycles. The minimum atomic E-state index is -3.37. The molecule has 0 radical (unpaired) electrons. The second kappa shape index (κ2) is 8.06. The molecule has 1 aromatic carbocycles. The molecule has 2 atom stereocenters. The summed E-state index contributed by atoms with van der Waals surface area (Å²) < 4.78 is 26.6. The first-order chi connectivity index (χ1) is 12.4. The van der Waals surface area contributed by atoms with Gasteiger partial charge in [-0.05, 0) is 50.8 Å². The van der Waals surface area contributed by atoms with Crippen molar-refractivity contribution in [3.63, 3.8) is 0 Å². The molecule has 1 aromatic rings. The van der Waals surface area contributed by atoms with E-state index in [1.807, 2.05) is 17.0 Å². The summed E-state index contributed by atoms with van der Waals surface area (Å²) in [6.07, 6.45) is 2.95. The van der Waals surface area contributed by atoms with Gasteiger partial charge < -0.3 is 10.2 Å². The Morgan fingerprint density at radius 3 is 2.42 bits per heavy atom. The van der Waals surface area contributed by atoms with Gasteiger partial charge in [0.15, 0.2) is 0 Å². The zero-order valence-corrected chi connectivity index (χ0v) is 16.5. The average molecular weight is 380 g/mol. The number of carbonyl (C=O) groups excluding carboxylic acids is 1. The monoisotopic (exact) mass is 379 g/mol. The lowest BCUT2D eigenvalue weighted by molar-refractivity contribution is -0.134. The third-order valence-electron chi connectivity index (χ3n) is 5.61. The number of carbonyl (C=O) groups is 1. The van der Waals surface area contributed by atoms with Crippen LogP contribution >= 0.6 is 0 Å². The van der Waals surface area contributed by atoms with E-state index in [0.29, 0.717) is 36.9 Å². The van der Waals surface area contributed by atoms with Gasteiger partial charge in [-0.25, -0.2) is 8.42 Å². The number of hydrogen-bond acceptors (Lipinski definition) is 4. The van der Waals surface area contributed by atoms with Gasteiger partial charge in [-0.1, -0.05) is 12.1 Å². The van der Waals surface area contributed by atoms with Crippen LogP contribution in [0.4, 0.5) is 0 Å². The average Bonchev–Trinajstić information content (AvgIpc) is 3.18. The van der Waals surface area contributed by atoms with Gasteiger partial charge in [-0.15, -0.1) is 0 Å². The number of sulfonamides is 1. The van der Waals surface area contributed by atoms with Gasteiger partial charge in [0.05, 0.1) is 4.90 Å². The topological polar surface area (TPSA) is 69.7 Å². The molecule has 2 unspecified atom stereocenters. The highest BCUT2D eigenvalue weighted by atomic mass is 32.2. The Hall–Kier alpha value is -1.44. The van der Waals surface area contributed by atoms with Gasteiger partial charge >= 0.3 is 0 Å². The van der Waals surface area contributed by atoms with Gasteiger partial charge in [0.25, 0.3) is 0 Å². The van der Waals surface area contributed by atoms with Crippen molar-refractivity contribution >= 4 is 15.9 Å². The van der Waals surface area contributed by atoms with E-state index in [0.717, 1.165) is 31.5 Å². The van der Waals surface area contributed by atoms with Crippen molar-refractivity contribution in [2.24, 2.45) is 0 Å². The van der Waals surface area contributed by atoms with Gasteiger partial charge in [0.1, 0.15) is 0 Å². The van der Waals surface area contributed by atoms with Crippen molar-refractivity contribution < 1.29 is 13.2 Å². The number of nitrogens with zero attached hydrogens (tertiary/aromatic N) is 2. The zero-order chi connectivity index (χ0) is 18.7. The highest BCUT2D eigenvalue weighted by Crippen LogP contribution is 2.21. The predicted octanol–water partition coefficient (Wildman–Crippen LogP) is 1.61. The van der Waals surface area contributed by atoms with Crippen LogP contribution < -0.4 is 5.32 Å². The van der Waals surface area contributed by atoms with Crippen molar-refractivity contribution in [2.75, 3.05) is 26.2 Å². The molecule has 2 aliphatic rings.